The zero-order valence-electron chi connectivity index (χ0n) is 11.0. The maximum absolute atomic E-state index is 2.44. The van der Waals surface area contributed by atoms with E-state index in [0.29, 0.717) is 5.41 Å². The third-order valence-corrected chi connectivity index (χ3v) is 5.36. The Bertz CT molecular complexity index is 506. The van der Waals surface area contributed by atoms with Crippen LogP contribution in [0.2, 0.25) is 0 Å². The standard InChI is InChI=1S/C17H20/c1-13-14(2)17(15-9-5-4-6-10-15)12-8-7-11-16(13,17)3/h4-10H,11-12H2,1-3H3/t16-,17+/m0/s1. The summed E-state index contributed by atoms with van der Waals surface area (Å²) in [5.74, 6) is 0. The Hall–Kier alpha value is -1.30. The topological polar surface area (TPSA) is 0 Å². The SMILES string of the molecule is CC1=C(C)[C@@]2(c3ccccc3)CC=CC[C@@]12C. The van der Waals surface area contributed by atoms with Crippen molar-refractivity contribution >= 4 is 0 Å². The number of rotatable bonds is 1. The van der Waals surface area contributed by atoms with Crippen molar-refractivity contribution in [2.75, 3.05) is 0 Å². The van der Waals surface area contributed by atoms with E-state index in [4.69, 9.17) is 0 Å². The predicted molar refractivity (Wildman–Crippen MR) is 73.0 cm³/mol. The second-order valence-electron chi connectivity index (χ2n) is 5.73. The molecule has 0 unspecified atom stereocenters. The lowest BCUT2D eigenvalue weighted by Gasteiger charge is -2.61. The highest BCUT2D eigenvalue weighted by Gasteiger charge is 2.58. The van der Waals surface area contributed by atoms with Crippen LogP contribution in [0.1, 0.15) is 39.2 Å². The molecule has 2 atom stereocenters. The molecule has 0 spiro atoms. The van der Waals surface area contributed by atoms with Crippen molar-refractivity contribution in [3.63, 3.8) is 0 Å². The summed E-state index contributed by atoms with van der Waals surface area (Å²) in [6.45, 7) is 7.07. The number of fused-ring (bicyclic) bond motifs is 1. The van der Waals surface area contributed by atoms with Gasteiger partial charge in [-0.1, -0.05) is 60.6 Å². The molecule has 0 heteroatoms. The maximum Gasteiger partial charge on any atom is 0.0289 e. The molecule has 3 rings (SSSR count). The summed E-state index contributed by atoms with van der Waals surface area (Å²) in [6.07, 6.45) is 7.07. The summed E-state index contributed by atoms with van der Waals surface area (Å²) in [5.41, 5.74) is 5.30. The molecule has 0 radical (unpaired) electrons. The van der Waals surface area contributed by atoms with E-state index in [1.54, 1.807) is 11.1 Å². The van der Waals surface area contributed by atoms with Crippen LogP contribution < -0.4 is 0 Å². The zero-order valence-corrected chi connectivity index (χ0v) is 11.0. The minimum absolute atomic E-state index is 0.271. The monoisotopic (exact) mass is 224 g/mol. The van der Waals surface area contributed by atoms with Crippen LogP contribution in [0.25, 0.3) is 0 Å². The molecule has 0 aliphatic heterocycles. The van der Waals surface area contributed by atoms with Crippen molar-refractivity contribution in [3.05, 3.63) is 59.2 Å². The van der Waals surface area contributed by atoms with Gasteiger partial charge in [0, 0.05) is 10.8 Å². The van der Waals surface area contributed by atoms with E-state index in [2.05, 4.69) is 63.3 Å². The molecule has 0 aromatic heterocycles. The Morgan fingerprint density at radius 2 is 1.53 bits per heavy atom. The van der Waals surface area contributed by atoms with Crippen LogP contribution in [0.3, 0.4) is 0 Å². The van der Waals surface area contributed by atoms with E-state index in [9.17, 15) is 0 Å². The molecule has 0 saturated heterocycles. The van der Waals surface area contributed by atoms with Gasteiger partial charge in [0.1, 0.15) is 0 Å². The molecule has 1 aromatic carbocycles. The van der Waals surface area contributed by atoms with Crippen molar-refractivity contribution in [1.82, 2.24) is 0 Å². The molecule has 2 aliphatic rings. The Kier molecular flexibility index (Phi) is 2.13. The van der Waals surface area contributed by atoms with Crippen LogP contribution in [-0.4, -0.2) is 0 Å². The Morgan fingerprint density at radius 1 is 0.882 bits per heavy atom. The van der Waals surface area contributed by atoms with Crippen LogP contribution in [0.4, 0.5) is 0 Å². The van der Waals surface area contributed by atoms with Gasteiger partial charge in [0.05, 0.1) is 0 Å². The molecule has 88 valence electrons. The quantitative estimate of drug-likeness (QED) is 0.610. The van der Waals surface area contributed by atoms with Crippen molar-refractivity contribution in [3.8, 4) is 0 Å². The van der Waals surface area contributed by atoms with E-state index >= 15 is 0 Å². The van der Waals surface area contributed by atoms with Crippen LogP contribution in [-0.2, 0) is 5.41 Å². The number of benzene rings is 1. The van der Waals surface area contributed by atoms with Crippen LogP contribution in [0.15, 0.2) is 53.6 Å². The van der Waals surface area contributed by atoms with E-state index in [0.717, 1.165) is 6.42 Å². The smallest absolute Gasteiger partial charge is 0.0289 e. The van der Waals surface area contributed by atoms with Crippen LogP contribution in [0.5, 0.6) is 0 Å². The largest absolute Gasteiger partial charge is 0.0876 e. The molecule has 17 heavy (non-hydrogen) atoms. The van der Waals surface area contributed by atoms with Gasteiger partial charge >= 0.3 is 0 Å². The molecule has 0 fully saturated rings. The second kappa shape index (κ2) is 3.35. The van der Waals surface area contributed by atoms with Crippen molar-refractivity contribution in [1.29, 1.82) is 0 Å². The summed E-state index contributed by atoms with van der Waals surface area (Å²) in [6, 6.07) is 11.1. The van der Waals surface area contributed by atoms with E-state index in [1.807, 2.05) is 0 Å². The molecular formula is C17H20. The van der Waals surface area contributed by atoms with Gasteiger partial charge in [-0.25, -0.2) is 0 Å². The molecule has 0 N–H and O–H groups in total. The lowest BCUT2D eigenvalue weighted by Crippen LogP contribution is -2.54. The molecule has 0 nitrogen and oxygen atoms in total. The highest BCUT2D eigenvalue weighted by atomic mass is 14.6. The third-order valence-electron chi connectivity index (χ3n) is 5.36. The normalized spacial score (nSPS) is 35.5. The van der Waals surface area contributed by atoms with Crippen LogP contribution in [0, 0.1) is 5.41 Å². The van der Waals surface area contributed by atoms with E-state index in [-0.39, 0.29) is 5.41 Å². The molecular weight excluding hydrogens is 204 g/mol. The second-order valence-corrected chi connectivity index (χ2v) is 5.73. The van der Waals surface area contributed by atoms with Gasteiger partial charge in [-0.2, -0.15) is 0 Å². The van der Waals surface area contributed by atoms with Crippen molar-refractivity contribution < 1.29 is 0 Å². The number of hydrogen-bond acceptors (Lipinski definition) is 0. The zero-order chi connectivity index (χ0) is 12.1. The Labute approximate surface area is 104 Å². The Morgan fingerprint density at radius 3 is 2.24 bits per heavy atom. The molecule has 0 saturated carbocycles. The molecule has 0 heterocycles. The third kappa shape index (κ3) is 1.09. The summed E-state index contributed by atoms with van der Waals surface area (Å²) < 4.78 is 0. The minimum Gasteiger partial charge on any atom is -0.0876 e. The first-order valence-electron chi connectivity index (χ1n) is 6.52. The number of hydrogen-bond donors (Lipinski definition) is 0. The highest BCUT2D eigenvalue weighted by molar-refractivity contribution is 5.55. The first kappa shape index (κ1) is 10.8. The number of allylic oxidation sites excluding steroid dienone is 4. The fourth-order valence-corrected chi connectivity index (χ4v) is 4.07. The van der Waals surface area contributed by atoms with Gasteiger partial charge in [-0.3, -0.25) is 0 Å². The van der Waals surface area contributed by atoms with Gasteiger partial charge in [0.15, 0.2) is 0 Å². The van der Waals surface area contributed by atoms with Crippen molar-refractivity contribution in [2.45, 2.75) is 39.0 Å². The summed E-state index contributed by atoms with van der Waals surface area (Å²) in [7, 11) is 0. The summed E-state index contributed by atoms with van der Waals surface area (Å²) >= 11 is 0. The molecule has 0 amide bonds. The Balaban J connectivity index is 2.22. The van der Waals surface area contributed by atoms with E-state index in [1.165, 1.54) is 12.0 Å². The van der Waals surface area contributed by atoms with Crippen molar-refractivity contribution in [2.24, 2.45) is 5.41 Å². The average Bonchev–Trinajstić information content (AvgIpc) is 2.39. The van der Waals surface area contributed by atoms with Gasteiger partial charge in [0.2, 0.25) is 0 Å². The van der Waals surface area contributed by atoms with E-state index < -0.39 is 0 Å². The molecule has 2 aliphatic carbocycles. The summed E-state index contributed by atoms with van der Waals surface area (Å²) in [5, 5.41) is 0. The first-order valence-corrected chi connectivity index (χ1v) is 6.52. The van der Waals surface area contributed by atoms with Gasteiger partial charge < -0.3 is 0 Å². The lowest BCUT2D eigenvalue weighted by molar-refractivity contribution is 0.158. The summed E-state index contributed by atoms with van der Waals surface area (Å²) in [4.78, 5) is 0. The molecule has 1 aromatic rings. The lowest BCUT2D eigenvalue weighted by atomic mass is 9.42. The van der Waals surface area contributed by atoms with Gasteiger partial charge in [-0.15, -0.1) is 0 Å². The molecule has 0 bridgehead atoms. The maximum atomic E-state index is 2.44. The van der Waals surface area contributed by atoms with Gasteiger partial charge in [-0.05, 0) is 32.3 Å². The van der Waals surface area contributed by atoms with Crippen LogP contribution >= 0.6 is 0 Å². The highest BCUT2D eigenvalue weighted by Crippen LogP contribution is 2.66. The first-order chi connectivity index (χ1) is 8.13. The average molecular weight is 224 g/mol. The van der Waals surface area contributed by atoms with Gasteiger partial charge in [0.25, 0.3) is 0 Å². The fraction of sp³-hybridized carbons (Fsp3) is 0.412. The fourth-order valence-electron chi connectivity index (χ4n) is 4.07. The predicted octanol–water partition coefficient (Wildman–Crippen LogP) is 4.63. The minimum atomic E-state index is 0.271.